The van der Waals surface area contributed by atoms with Crippen LogP contribution in [0, 0.1) is 0 Å². The third-order valence-electron chi connectivity index (χ3n) is 4.72. The molecule has 0 saturated carbocycles. The summed E-state index contributed by atoms with van der Waals surface area (Å²) < 4.78 is 1.99. The molecule has 0 spiro atoms. The number of nitrogens with zero attached hydrogens (tertiary/aromatic N) is 4. The lowest BCUT2D eigenvalue weighted by molar-refractivity contribution is -0.135. The standard InChI is InChI=1S/C16H25N5O2/c1-12(16(23)19-5-3-4-6-19)20-7-8-21-15(11-20)9-14(18-21)10-17-13(2)22/h9,12H,3-8,10-11H2,1-2H3,(H,17,22). The lowest BCUT2D eigenvalue weighted by atomic mass is 10.2. The van der Waals surface area contributed by atoms with Crippen LogP contribution in [0.3, 0.4) is 0 Å². The maximum atomic E-state index is 12.6. The molecule has 1 aromatic rings. The zero-order chi connectivity index (χ0) is 16.4. The van der Waals surface area contributed by atoms with E-state index in [9.17, 15) is 9.59 Å². The van der Waals surface area contributed by atoms with Gasteiger partial charge in [-0.1, -0.05) is 0 Å². The van der Waals surface area contributed by atoms with Gasteiger partial charge in [0.1, 0.15) is 0 Å². The summed E-state index contributed by atoms with van der Waals surface area (Å²) in [5.74, 6) is 0.191. The summed E-state index contributed by atoms with van der Waals surface area (Å²) in [6.07, 6.45) is 2.25. The second-order valence-corrected chi connectivity index (χ2v) is 6.44. The number of carbonyl (C=O) groups is 2. The van der Waals surface area contributed by atoms with Gasteiger partial charge in [-0.2, -0.15) is 5.10 Å². The van der Waals surface area contributed by atoms with Gasteiger partial charge in [-0.05, 0) is 25.8 Å². The highest BCUT2D eigenvalue weighted by molar-refractivity contribution is 5.81. The average Bonchev–Trinajstić information content (AvgIpc) is 3.19. The van der Waals surface area contributed by atoms with Crippen molar-refractivity contribution in [2.75, 3.05) is 19.6 Å². The smallest absolute Gasteiger partial charge is 0.239 e. The van der Waals surface area contributed by atoms with E-state index in [1.54, 1.807) is 0 Å². The van der Waals surface area contributed by atoms with E-state index in [2.05, 4.69) is 15.3 Å². The Balaban J connectivity index is 1.62. The molecule has 1 atom stereocenters. The summed E-state index contributed by atoms with van der Waals surface area (Å²) in [5, 5.41) is 7.29. The Labute approximate surface area is 136 Å². The first kappa shape index (κ1) is 16.0. The van der Waals surface area contributed by atoms with Crippen LogP contribution in [0.15, 0.2) is 6.07 Å². The SMILES string of the molecule is CC(=O)NCc1cc2n(n1)CCN(C(C)C(=O)N1CCCC1)C2. The predicted octanol–water partition coefficient (Wildman–Crippen LogP) is 0.346. The Bertz CT molecular complexity index is 591. The van der Waals surface area contributed by atoms with Gasteiger partial charge in [0.05, 0.1) is 30.5 Å². The fourth-order valence-corrected chi connectivity index (χ4v) is 3.34. The Kier molecular flexibility index (Phi) is 4.66. The van der Waals surface area contributed by atoms with Crippen LogP contribution in [-0.4, -0.2) is 57.1 Å². The quantitative estimate of drug-likeness (QED) is 0.869. The van der Waals surface area contributed by atoms with E-state index in [1.165, 1.54) is 6.92 Å². The van der Waals surface area contributed by atoms with Crippen LogP contribution in [0.4, 0.5) is 0 Å². The average molecular weight is 319 g/mol. The van der Waals surface area contributed by atoms with Gasteiger partial charge >= 0.3 is 0 Å². The maximum Gasteiger partial charge on any atom is 0.239 e. The molecule has 3 rings (SSSR count). The number of hydrogen-bond acceptors (Lipinski definition) is 4. The van der Waals surface area contributed by atoms with Gasteiger partial charge in [-0.3, -0.25) is 19.2 Å². The molecular formula is C16H25N5O2. The van der Waals surface area contributed by atoms with Crippen molar-refractivity contribution in [1.82, 2.24) is 24.9 Å². The molecule has 0 aliphatic carbocycles. The highest BCUT2D eigenvalue weighted by Gasteiger charge is 2.30. The van der Waals surface area contributed by atoms with Crippen LogP contribution < -0.4 is 5.32 Å². The molecule has 0 radical (unpaired) electrons. The van der Waals surface area contributed by atoms with E-state index in [-0.39, 0.29) is 17.9 Å². The van der Waals surface area contributed by atoms with E-state index in [1.807, 2.05) is 22.6 Å². The van der Waals surface area contributed by atoms with Crippen LogP contribution in [0.2, 0.25) is 0 Å². The molecule has 1 saturated heterocycles. The van der Waals surface area contributed by atoms with Crippen molar-refractivity contribution in [3.05, 3.63) is 17.5 Å². The number of aromatic nitrogens is 2. The Morgan fingerprint density at radius 2 is 2.00 bits per heavy atom. The van der Waals surface area contributed by atoms with Crippen molar-refractivity contribution < 1.29 is 9.59 Å². The second-order valence-electron chi connectivity index (χ2n) is 6.44. The highest BCUT2D eigenvalue weighted by atomic mass is 16.2. The molecule has 1 unspecified atom stereocenters. The Hall–Kier alpha value is -1.89. The minimum atomic E-state index is -0.0875. The number of fused-ring (bicyclic) bond motifs is 1. The largest absolute Gasteiger partial charge is 0.351 e. The summed E-state index contributed by atoms with van der Waals surface area (Å²) in [7, 11) is 0. The number of hydrogen-bond donors (Lipinski definition) is 1. The molecule has 1 N–H and O–H groups in total. The number of nitrogens with one attached hydrogen (secondary N) is 1. The lowest BCUT2D eigenvalue weighted by Crippen LogP contribution is -2.48. The molecular weight excluding hydrogens is 294 g/mol. The summed E-state index contributed by atoms with van der Waals surface area (Å²) in [4.78, 5) is 27.8. The van der Waals surface area contributed by atoms with Crippen molar-refractivity contribution >= 4 is 11.8 Å². The monoisotopic (exact) mass is 319 g/mol. The zero-order valence-electron chi connectivity index (χ0n) is 13.9. The Morgan fingerprint density at radius 3 is 2.70 bits per heavy atom. The molecule has 7 nitrogen and oxygen atoms in total. The van der Waals surface area contributed by atoms with Gasteiger partial charge < -0.3 is 10.2 Å². The van der Waals surface area contributed by atoms with Crippen LogP contribution in [0.5, 0.6) is 0 Å². The Morgan fingerprint density at radius 1 is 1.26 bits per heavy atom. The zero-order valence-corrected chi connectivity index (χ0v) is 13.9. The van der Waals surface area contributed by atoms with Gasteiger partial charge in [-0.15, -0.1) is 0 Å². The first-order valence-corrected chi connectivity index (χ1v) is 8.37. The summed E-state index contributed by atoms with van der Waals surface area (Å²) >= 11 is 0. The van der Waals surface area contributed by atoms with E-state index in [4.69, 9.17) is 0 Å². The lowest BCUT2D eigenvalue weighted by Gasteiger charge is -2.33. The third-order valence-corrected chi connectivity index (χ3v) is 4.72. The van der Waals surface area contributed by atoms with E-state index >= 15 is 0 Å². The number of rotatable bonds is 4. The highest BCUT2D eigenvalue weighted by Crippen LogP contribution is 2.18. The van der Waals surface area contributed by atoms with Crippen LogP contribution in [-0.2, 0) is 29.2 Å². The predicted molar refractivity (Wildman–Crippen MR) is 85.4 cm³/mol. The van der Waals surface area contributed by atoms with E-state index in [0.717, 1.165) is 57.0 Å². The van der Waals surface area contributed by atoms with Crippen molar-refractivity contribution in [1.29, 1.82) is 0 Å². The van der Waals surface area contributed by atoms with E-state index in [0.29, 0.717) is 6.54 Å². The van der Waals surface area contributed by atoms with Crippen molar-refractivity contribution in [3.8, 4) is 0 Å². The number of likely N-dealkylation sites (tertiary alicyclic amines) is 1. The molecule has 1 fully saturated rings. The molecule has 1 aromatic heterocycles. The summed E-state index contributed by atoms with van der Waals surface area (Å²) in [6, 6.07) is 1.94. The maximum absolute atomic E-state index is 12.6. The van der Waals surface area contributed by atoms with Crippen LogP contribution in [0.1, 0.15) is 38.1 Å². The van der Waals surface area contributed by atoms with Crippen molar-refractivity contribution in [3.63, 3.8) is 0 Å². The van der Waals surface area contributed by atoms with Crippen LogP contribution >= 0.6 is 0 Å². The van der Waals surface area contributed by atoms with Gasteiger partial charge in [0.25, 0.3) is 0 Å². The second kappa shape index (κ2) is 6.70. The summed E-state index contributed by atoms with van der Waals surface area (Å²) in [6.45, 7) is 8.10. The van der Waals surface area contributed by atoms with Gasteiger partial charge in [0.15, 0.2) is 0 Å². The topological polar surface area (TPSA) is 70.5 Å². The first-order valence-electron chi connectivity index (χ1n) is 8.37. The number of carbonyl (C=O) groups excluding carboxylic acids is 2. The number of amides is 2. The minimum absolute atomic E-state index is 0.0533. The first-order chi connectivity index (χ1) is 11.0. The van der Waals surface area contributed by atoms with Gasteiger partial charge in [0, 0.05) is 33.1 Å². The molecule has 7 heteroatoms. The molecule has 2 amide bonds. The molecule has 2 aliphatic rings. The summed E-state index contributed by atoms with van der Waals surface area (Å²) in [5.41, 5.74) is 1.98. The fourth-order valence-electron chi connectivity index (χ4n) is 3.34. The van der Waals surface area contributed by atoms with Crippen LogP contribution in [0.25, 0.3) is 0 Å². The molecule has 3 heterocycles. The normalized spacial score (nSPS) is 19.5. The third kappa shape index (κ3) is 3.55. The molecule has 2 aliphatic heterocycles. The molecule has 126 valence electrons. The van der Waals surface area contributed by atoms with Gasteiger partial charge in [-0.25, -0.2) is 0 Å². The van der Waals surface area contributed by atoms with Crippen molar-refractivity contribution in [2.24, 2.45) is 0 Å². The molecule has 23 heavy (non-hydrogen) atoms. The van der Waals surface area contributed by atoms with Crippen molar-refractivity contribution in [2.45, 2.75) is 52.4 Å². The van der Waals surface area contributed by atoms with E-state index < -0.39 is 0 Å². The molecule has 0 bridgehead atoms. The minimum Gasteiger partial charge on any atom is -0.351 e. The van der Waals surface area contributed by atoms with Gasteiger partial charge in [0.2, 0.25) is 11.8 Å². The fraction of sp³-hybridized carbons (Fsp3) is 0.688. The molecule has 0 aromatic carbocycles.